The van der Waals surface area contributed by atoms with Gasteiger partial charge in [-0.15, -0.1) is 12.4 Å². The molecule has 1 aliphatic heterocycles. The highest BCUT2D eigenvalue weighted by atomic mass is 35.5. The normalized spacial score (nSPS) is 17.0. The van der Waals surface area contributed by atoms with Gasteiger partial charge in [0, 0.05) is 36.7 Å². The molecule has 25 heavy (non-hydrogen) atoms. The predicted octanol–water partition coefficient (Wildman–Crippen LogP) is 2.35. The van der Waals surface area contributed by atoms with Crippen LogP contribution in [0.15, 0.2) is 22.7 Å². The van der Waals surface area contributed by atoms with E-state index in [9.17, 15) is 4.79 Å². The summed E-state index contributed by atoms with van der Waals surface area (Å²) in [6.07, 6.45) is 1.10. The van der Waals surface area contributed by atoms with Crippen LogP contribution in [0, 0.1) is 6.92 Å². The fourth-order valence-corrected chi connectivity index (χ4v) is 2.58. The highest BCUT2D eigenvalue weighted by Crippen LogP contribution is 2.24. The fourth-order valence-electron chi connectivity index (χ4n) is 2.58. The number of ether oxygens (including phenoxy) is 1. The van der Waals surface area contributed by atoms with Gasteiger partial charge in [0.05, 0.1) is 13.2 Å². The second kappa shape index (κ2) is 8.94. The van der Waals surface area contributed by atoms with Crippen LogP contribution in [0.1, 0.15) is 24.7 Å². The number of hydrogen-bond acceptors (Lipinski definition) is 6. The van der Waals surface area contributed by atoms with Crippen molar-refractivity contribution in [2.24, 2.45) is 0 Å². The third-order valence-electron chi connectivity index (χ3n) is 3.97. The van der Waals surface area contributed by atoms with E-state index in [0.29, 0.717) is 31.3 Å². The maximum Gasteiger partial charge on any atom is 0.257 e. The summed E-state index contributed by atoms with van der Waals surface area (Å²) < 4.78 is 10.6. The lowest BCUT2D eigenvalue weighted by Gasteiger charge is -2.23. The zero-order chi connectivity index (χ0) is 16.9. The van der Waals surface area contributed by atoms with Gasteiger partial charge in [-0.05, 0) is 24.6 Å². The van der Waals surface area contributed by atoms with E-state index in [-0.39, 0.29) is 24.4 Å². The molecule has 2 N–H and O–H groups in total. The minimum Gasteiger partial charge on any atom is -0.378 e. The largest absolute Gasteiger partial charge is 0.378 e. The average molecular weight is 367 g/mol. The van der Waals surface area contributed by atoms with Crippen molar-refractivity contribution in [3.05, 3.63) is 29.6 Å². The molecule has 1 atom stereocenters. The number of rotatable bonds is 5. The lowest BCUT2D eigenvalue weighted by Crippen LogP contribution is -2.43. The van der Waals surface area contributed by atoms with E-state index in [1.54, 1.807) is 0 Å². The molecule has 1 unspecified atom stereocenters. The molecule has 0 spiro atoms. The smallest absolute Gasteiger partial charge is 0.257 e. The third kappa shape index (κ3) is 5.01. The minimum absolute atomic E-state index is 0. The number of halogens is 1. The fraction of sp³-hybridized carbons (Fsp3) is 0.471. The van der Waals surface area contributed by atoms with Gasteiger partial charge in [0.2, 0.25) is 5.91 Å². The number of aryl methyl sites for hydroxylation is 2. The first kappa shape index (κ1) is 19.4. The molecule has 0 aliphatic carbocycles. The molecule has 2 aromatic rings. The van der Waals surface area contributed by atoms with E-state index < -0.39 is 0 Å². The van der Waals surface area contributed by atoms with Crippen LogP contribution in [0.3, 0.4) is 0 Å². The Bertz CT molecular complexity index is 714. The summed E-state index contributed by atoms with van der Waals surface area (Å²) in [5.41, 5.74) is 2.53. The van der Waals surface area contributed by atoms with Crippen molar-refractivity contribution in [3.8, 4) is 11.5 Å². The Kier molecular flexibility index (Phi) is 6.92. The van der Waals surface area contributed by atoms with E-state index in [1.165, 1.54) is 0 Å². The van der Waals surface area contributed by atoms with Crippen molar-refractivity contribution >= 4 is 24.0 Å². The summed E-state index contributed by atoms with van der Waals surface area (Å²) in [4.78, 5) is 16.6. The molecule has 3 rings (SSSR count). The lowest BCUT2D eigenvalue weighted by atomic mass is 10.1. The van der Waals surface area contributed by atoms with Gasteiger partial charge in [-0.2, -0.15) is 4.98 Å². The SMILES string of the molecule is CCc1noc(-c2ccc(C)c(NC(=O)CC3COCCN3)c2)n1.Cl. The third-order valence-corrected chi connectivity index (χ3v) is 3.97. The van der Waals surface area contributed by atoms with Gasteiger partial charge in [0.15, 0.2) is 5.82 Å². The molecule has 0 bridgehead atoms. The van der Waals surface area contributed by atoms with E-state index in [0.717, 1.165) is 29.8 Å². The van der Waals surface area contributed by atoms with E-state index in [1.807, 2.05) is 32.0 Å². The number of nitrogens with zero attached hydrogens (tertiary/aromatic N) is 2. The maximum absolute atomic E-state index is 12.3. The number of anilines is 1. The molecule has 1 aromatic heterocycles. The number of carbonyl (C=O) groups excluding carboxylic acids is 1. The van der Waals surface area contributed by atoms with Crippen LogP contribution in [-0.4, -0.2) is 41.8 Å². The summed E-state index contributed by atoms with van der Waals surface area (Å²) >= 11 is 0. The van der Waals surface area contributed by atoms with Gasteiger partial charge < -0.3 is 19.9 Å². The topological polar surface area (TPSA) is 89.3 Å². The summed E-state index contributed by atoms with van der Waals surface area (Å²) in [5, 5.41) is 10.1. The Morgan fingerprint density at radius 3 is 2.96 bits per heavy atom. The van der Waals surface area contributed by atoms with Crippen LogP contribution >= 0.6 is 12.4 Å². The minimum atomic E-state index is -0.0435. The van der Waals surface area contributed by atoms with Gasteiger partial charge in [0.25, 0.3) is 5.89 Å². The lowest BCUT2D eigenvalue weighted by molar-refractivity contribution is -0.117. The number of amides is 1. The number of hydrogen-bond donors (Lipinski definition) is 2. The quantitative estimate of drug-likeness (QED) is 0.844. The van der Waals surface area contributed by atoms with Crippen molar-refractivity contribution in [2.75, 3.05) is 25.1 Å². The Morgan fingerprint density at radius 2 is 2.28 bits per heavy atom. The van der Waals surface area contributed by atoms with Gasteiger partial charge in [-0.25, -0.2) is 0 Å². The molecular weight excluding hydrogens is 344 g/mol. The van der Waals surface area contributed by atoms with Crippen LogP contribution in [0.5, 0.6) is 0 Å². The standard InChI is InChI=1S/C17H22N4O3.ClH/c1-3-15-20-17(24-21-15)12-5-4-11(2)14(8-12)19-16(22)9-13-10-23-7-6-18-13;/h4-5,8,13,18H,3,6-7,9-10H2,1-2H3,(H,19,22);1H. The summed E-state index contributed by atoms with van der Waals surface area (Å²) in [6, 6.07) is 5.77. The molecule has 1 aliphatic rings. The molecular formula is C17H23ClN4O3. The van der Waals surface area contributed by atoms with E-state index >= 15 is 0 Å². The molecule has 136 valence electrons. The molecule has 8 heteroatoms. The van der Waals surface area contributed by atoms with Crippen molar-refractivity contribution in [2.45, 2.75) is 32.7 Å². The average Bonchev–Trinajstić information content (AvgIpc) is 3.07. The maximum atomic E-state index is 12.3. The van der Waals surface area contributed by atoms with E-state index in [4.69, 9.17) is 9.26 Å². The molecule has 0 saturated carbocycles. The van der Waals surface area contributed by atoms with Gasteiger partial charge >= 0.3 is 0 Å². The predicted molar refractivity (Wildman–Crippen MR) is 97.0 cm³/mol. The van der Waals surface area contributed by atoms with E-state index in [2.05, 4.69) is 20.8 Å². The molecule has 1 aromatic carbocycles. The first-order chi connectivity index (χ1) is 11.7. The molecule has 2 heterocycles. The number of nitrogens with one attached hydrogen (secondary N) is 2. The Balaban J connectivity index is 0.00000225. The summed E-state index contributed by atoms with van der Waals surface area (Å²) in [5.74, 6) is 1.09. The Labute approximate surface area is 152 Å². The number of carbonyl (C=O) groups is 1. The molecule has 0 radical (unpaired) electrons. The first-order valence-corrected chi connectivity index (χ1v) is 8.20. The second-order valence-corrected chi connectivity index (χ2v) is 5.88. The highest BCUT2D eigenvalue weighted by molar-refractivity contribution is 5.92. The Morgan fingerprint density at radius 1 is 1.44 bits per heavy atom. The van der Waals surface area contributed by atoms with Crippen molar-refractivity contribution < 1.29 is 14.1 Å². The van der Waals surface area contributed by atoms with Crippen molar-refractivity contribution in [3.63, 3.8) is 0 Å². The number of benzene rings is 1. The highest BCUT2D eigenvalue weighted by Gasteiger charge is 2.18. The van der Waals surface area contributed by atoms with Gasteiger partial charge in [-0.3, -0.25) is 4.79 Å². The second-order valence-electron chi connectivity index (χ2n) is 5.88. The molecule has 7 nitrogen and oxygen atoms in total. The number of morpholine rings is 1. The van der Waals surface area contributed by atoms with Gasteiger partial charge in [-0.1, -0.05) is 18.1 Å². The first-order valence-electron chi connectivity index (χ1n) is 8.20. The van der Waals surface area contributed by atoms with Crippen LogP contribution < -0.4 is 10.6 Å². The van der Waals surface area contributed by atoms with Crippen LogP contribution in [0.25, 0.3) is 11.5 Å². The van der Waals surface area contributed by atoms with Crippen LogP contribution in [0.4, 0.5) is 5.69 Å². The number of aromatic nitrogens is 2. The van der Waals surface area contributed by atoms with Crippen LogP contribution in [0.2, 0.25) is 0 Å². The molecule has 1 fully saturated rings. The Hall–Kier alpha value is -1.96. The molecule has 1 saturated heterocycles. The van der Waals surface area contributed by atoms with Gasteiger partial charge in [0.1, 0.15) is 0 Å². The van der Waals surface area contributed by atoms with Crippen molar-refractivity contribution in [1.82, 2.24) is 15.5 Å². The van der Waals surface area contributed by atoms with Crippen molar-refractivity contribution in [1.29, 1.82) is 0 Å². The monoisotopic (exact) mass is 366 g/mol. The summed E-state index contributed by atoms with van der Waals surface area (Å²) in [6.45, 7) is 5.96. The zero-order valence-electron chi connectivity index (χ0n) is 14.4. The van der Waals surface area contributed by atoms with Crippen LogP contribution in [-0.2, 0) is 16.0 Å². The molecule has 1 amide bonds. The summed E-state index contributed by atoms with van der Waals surface area (Å²) in [7, 11) is 0. The zero-order valence-corrected chi connectivity index (χ0v) is 15.2.